The van der Waals surface area contributed by atoms with Crippen molar-refractivity contribution in [3.05, 3.63) is 89.0 Å². The van der Waals surface area contributed by atoms with Gasteiger partial charge in [-0.25, -0.2) is 14.4 Å². The van der Waals surface area contributed by atoms with Crippen molar-refractivity contribution in [1.82, 2.24) is 25.2 Å². The Labute approximate surface area is 181 Å². The lowest BCUT2D eigenvalue weighted by Gasteiger charge is -2.31. The van der Waals surface area contributed by atoms with E-state index in [4.69, 9.17) is 0 Å². The SMILES string of the molecule is Cc1nc(C2CCN(Cc3cccnc3)CC2)ncc1C(=O)NCc1ccc(F)cc1. The average Bonchev–Trinajstić information content (AvgIpc) is 2.79. The zero-order valence-electron chi connectivity index (χ0n) is 17.6. The number of piperidine rings is 1. The van der Waals surface area contributed by atoms with Gasteiger partial charge in [0.1, 0.15) is 11.6 Å². The highest BCUT2D eigenvalue weighted by Crippen LogP contribution is 2.26. The lowest BCUT2D eigenvalue weighted by molar-refractivity contribution is 0.0949. The normalized spacial score (nSPS) is 15.0. The molecule has 31 heavy (non-hydrogen) atoms. The first kappa shape index (κ1) is 21.1. The van der Waals surface area contributed by atoms with Gasteiger partial charge in [0.2, 0.25) is 0 Å². The van der Waals surface area contributed by atoms with E-state index in [-0.39, 0.29) is 11.7 Å². The van der Waals surface area contributed by atoms with Crippen LogP contribution in [0.25, 0.3) is 0 Å². The number of halogens is 1. The van der Waals surface area contributed by atoms with Gasteiger partial charge < -0.3 is 5.32 Å². The van der Waals surface area contributed by atoms with Crippen LogP contribution in [-0.2, 0) is 13.1 Å². The Kier molecular flexibility index (Phi) is 6.62. The highest BCUT2D eigenvalue weighted by Gasteiger charge is 2.24. The van der Waals surface area contributed by atoms with Crippen LogP contribution in [0.15, 0.2) is 55.0 Å². The monoisotopic (exact) mass is 419 g/mol. The summed E-state index contributed by atoms with van der Waals surface area (Å²) in [5, 5.41) is 2.85. The van der Waals surface area contributed by atoms with E-state index in [1.807, 2.05) is 19.2 Å². The molecule has 0 spiro atoms. The smallest absolute Gasteiger partial charge is 0.254 e. The molecule has 0 aliphatic carbocycles. The number of nitrogens with zero attached hydrogens (tertiary/aromatic N) is 4. The predicted molar refractivity (Wildman–Crippen MR) is 116 cm³/mol. The third-order valence-electron chi connectivity index (χ3n) is 5.69. The number of carbonyl (C=O) groups excluding carboxylic acids is 1. The number of carbonyl (C=O) groups is 1. The van der Waals surface area contributed by atoms with Crippen LogP contribution in [0, 0.1) is 12.7 Å². The molecular formula is C24H26FN5O. The zero-order valence-corrected chi connectivity index (χ0v) is 17.6. The van der Waals surface area contributed by atoms with Crippen molar-refractivity contribution in [2.24, 2.45) is 0 Å². The molecule has 2 aromatic heterocycles. The molecule has 1 fully saturated rings. The first-order valence-electron chi connectivity index (χ1n) is 10.6. The third-order valence-corrected chi connectivity index (χ3v) is 5.69. The summed E-state index contributed by atoms with van der Waals surface area (Å²) in [5.74, 6) is 0.603. The number of aromatic nitrogens is 3. The van der Waals surface area contributed by atoms with Gasteiger partial charge in [0.15, 0.2) is 0 Å². The molecule has 0 atom stereocenters. The molecule has 7 heteroatoms. The van der Waals surface area contributed by atoms with Crippen molar-refractivity contribution in [2.45, 2.75) is 38.8 Å². The van der Waals surface area contributed by atoms with Crippen LogP contribution < -0.4 is 5.32 Å². The lowest BCUT2D eigenvalue weighted by Crippen LogP contribution is -2.33. The Hall–Kier alpha value is -3.19. The standard InChI is InChI=1S/C24H26FN5O/c1-17-22(24(31)28-14-18-4-6-21(25)7-5-18)15-27-23(29-17)20-8-11-30(12-9-20)16-19-3-2-10-26-13-19/h2-7,10,13,15,20H,8-9,11-12,14,16H2,1H3,(H,28,31). The topological polar surface area (TPSA) is 71.0 Å². The molecule has 1 N–H and O–H groups in total. The number of aryl methyl sites for hydroxylation is 1. The number of hydrogen-bond donors (Lipinski definition) is 1. The van der Waals surface area contributed by atoms with Gasteiger partial charge in [-0.2, -0.15) is 0 Å². The minimum absolute atomic E-state index is 0.223. The third kappa shape index (κ3) is 5.49. The lowest BCUT2D eigenvalue weighted by atomic mass is 9.95. The van der Waals surface area contributed by atoms with E-state index >= 15 is 0 Å². The largest absolute Gasteiger partial charge is 0.348 e. The summed E-state index contributed by atoms with van der Waals surface area (Å²) in [6.45, 7) is 5.06. The Morgan fingerprint density at radius 3 is 2.58 bits per heavy atom. The molecule has 4 rings (SSSR count). The van der Waals surface area contributed by atoms with Crippen LogP contribution in [0.3, 0.4) is 0 Å². The molecule has 1 saturated heterocycles. The highest BCUT2D eigenvalue weighted by molar-refractivity contribution is 5.94. The van der Waals surface area contributed by atoms with Gasteiger partial charge in [0, 0.05) is 37.6 Å². The number of pyridine rings is 1. The number of likely N-dealkylation sites (tertiary alicyclic amines) is 1. The number of amides is 1. The van der Waals surface area contributed by atoms with Crippen LogP contribution in [0.1, 0.15) is 51.8 Å². The van der Waals surface area contributed by atoms with Gasteiger partial charge >= 0.3 is 0 Å². The summed E-state index contributed by atoms with van der Waals surface area (Å²) >= 11 is 0. The summed E-state index contributed by atoms with van der Waals surface area (Å²) in [4.78, 5) is 28.3. The number of nitrogens with one attached hydrogen (secondary N) is 1. The highest BCUT2D eigenvalue weighted by atomic mass is 19.1. The second-order valence-electron chi connectivity index (χ2n) is 7.95. The molecule has 3 aromatic rings. The number of hydrogen-bond acceptors (Lipinski definition) is 5. The Balaban J connectivity index is 1.32. The van der Waals surface area contributed by atoms with Gasteiger partial charge in [-0.15, -0.1) is 0 Å². The Morgan fingerprint density at radius 2 is 1.90 bits per heavy atom. The average molecular weight is 420 g/mol. The molecule has 1 aromatic carbocycles. The van der Waals surface area contributed by atoms with E-state index in [9.17, 15) is 9.18 Å². The minimum Gasteiger partial charge on any atom is -0.348 e. The maximum absolute atomic E-state index is 13.0. The maximum Gasteiger partial charge on any atom is 0.254 e. The van der Waals surface area contributed by atoms with Crippen molar-refractivity contribution in [2.75, 3.05) is 13.1 Å². The fourth-order valence-electron chi connectivity index (χ4n) is 3.88. The second kappa shape index (κ2) is 9.75. The molecule has 1 aliphatic heterocycles. The number of benzene rings is 1. The minimum atomic E-state index is -0.294. The van der Waals surface area contributed by atoms with Crippen molar-refractivity contribution in [3.63, 3.8) is 0 Å². The van der Waals surface area contributed by atoms with Crippen molar-refractivity contribution < 1.29 is 9.18 Å². The van der Waals surface area contributed by atoms with Gasteiger partial charge in [-0.1, -0.05) is 18.2 Å². The molecule has 0 unspecified atom stereocenters. The van der Waals surface area contributed by atoms with Crippen LogP contribution in [0.4, 0.5) is 4.39 Å². The summed E-state index contributed by atoms with van der Waals surface area (Å²) in [7, 11) is 0. The van der Waals surface area contributed by atoms with Crippen molar-refractivity contribution >= 4 is 5.91 Å². The zero-order chi connectivity index (χ0) is 21.6. The van der Waals surface area contributed by atoms with Crippen LogP contribution in [0.2, 0.25) is 0 Å². The quantitative estimate of drug-likeness (QED) is 0.661. The van der Waals surface area contributed by atoms with Crippen LogP contribution >= 0.6 is 0 Å². The van der Waals surface area contributed by atoms with Crippen LogP contribution in [0.5, 0.6) is 0 Å². The van der Waals surface area contributed by atoms with E-state index in [1.165, 1.54) is 17.7 Å². The molecule has 3 heterocycles. The molecule has 6 nitrogen and oxygen atoms in total. The first-order valence-corrected chi connectivity index (χ1v) is 10.6. The molecular weight excluding hydrogens is 393 g/mol. The molecule has 1 amide bonds. The fraction of sp³-hybridized carbons (Fsp3) is 0.333. The van der Waals surface area contributed by atoms with E-state index in [2.05, 4.69) is 31.2 Å². The fourth-order valence-corrected chi connectivity index (χ4v) is 3.88. The van der Waals surface area contributed by atoms with E-state index in [1.54, 1.807) is 24.5 Å². The van der Waals surface area contributed by atoms with Crippen LogP contribution in [-0.4, -0.2) is 38.8 Å². The van der Waals surface area contributed by atoms with Crippen molar-refractivity contribution in [3.8, 4) is 0 Å². The van der Waals surface area contributed by atoms with E-state index < -0.39 is 0 Å². The van der Waals surface area contributed by atoms with Gasteiger partial charge in [-0.3, -0.25) is 14.7 Å². The van der Waals surface area contributed by atoms with E-state index in [0.29, 0.717) is 23.7 Å². The van der Waals surface area contributed by atoms with Gasteiger partial charge in [-0.05, 0) is 62.2 Å². The Morgan fingerprint density at radius 1 is 1.13 bits per heavy atom. The van der Waals surface area contributed by atoms with Gasteiger partial charge in [0.05, 0.1) is 11.3 Å². The first-order chi connectivity index (χ1) is 15.1. The Bertz CT molecular complexity index is 1020. The van der Waals surface area contributed by atoms with Gasteiger partial charge in [0.25, 0.3) is 5.91 Å². The molecule has 0 radical (unpaired) electrons. The van der Waals surface area contributed by atoms with Crippen molar-refractivity contribution in [1.29, 1.82) is 0 Å². The second-order valence-corrected chi connectivity index (χ2v) is 7.95. The number of rotatable bonds is 6. The molecule has 0 bridgehead atoms. The summed E-state index contributed by atoms with van der Waals surface area (Å²) < 4.78 is 13.0. The predicted octanol–water partition coefficient (Wildman–Crippen LogP) is 3.63. The maximum atomic E-state index is 13.0. The summed E-state index contributed by atoms with van der Waals surface area (Å²) in [5.41, 5.74) is 3.21. The van der Waals surface area contributed by atoms with E-state index in [0.717, 1.165) is 43.9 Å². The molecule has 0 saturated carbocycles. The molecule has 160 valence electrons. The summed E-state index contributed by atoms with van der Waals surface area (Å²) in [6.07, 6.45) is 7.33. The summed E-state index contributed by atoms with van der Waals surface area (Å²) in [6, 6.07) is 10.1. The molecule has 1 aliphatic rings.